The highest BCUT2D eigenvalue weighted by molar-refractivity contribution is 6.02. The fraction of sp³-hybridized carbons (Fsp3) is 0.464. The Bertz CT molecular complexity index is 3510. The molecule has 4 heterocycles. The summed E-state index contributed by atoms with van der Waals surface area (Å²) in [4.78, 5) is 67.8. The number of carbonyl (C=O) groups is 4. The number of aromatic nitrogens is 4. The molecule has 464 valence electrons. The van der Waals surface area contributed by atoms with Gasteiger partial charge < -0.3 is 61.0 Å². The Balaban J connectivity index is 0.000000206. The average Bonchev–Trinajstić information content (AvgIpc) is 1.67. The van der Waals surface area contributed by atoms with Crippen molar-refractivity contribution in [2.75, 3.05) is 24.1 Å². The monoisotopic (exact) mass is 1230 g/mol. The van der Waals surface area contributed by atoms with Gasteiger partial charge in [-0.05, 0) is 126 Å². The third-order valence-corrected chi connectivity index (χ3v) is 15.1. The van der Waals surface area contributed by atoms with Gasteiger partial charge in [0.2, 0.25) is 17.8 Å². The summed E-state index contributed by atoms with van der Waals surface area (Å²) in [7, 11) is 0. The van der Waals surface area contributed by atoms with E-state index in [1.54, 1.807) is 37.8 Å². The number of imidazole rings is 2. The van der Waals surface area contributed by atoms with Crippen LogP contribution in [0.4, 0.5) is 80.8 Å². The SMILES string of the molecule is CC1CCC(N2COc3cc4nc(Nc5cc(CNC(=O)OC(C)(C)C)ccc5C(F)(F)F)[nH]c4cc3C2=O)CC1.NC(C(=O)NCc1ccc(C(F)(F)F)c(Nc2nc3cc4c(cc3[nH]2)C(=O)N(C2CCC(C(F)(F)F)CC2)CO4)c1)C(F)(F)F. The molecule has 1 atom stereocenters. The minimum Gasteiger partial charge on any atom is -0.472 e. The van der Waals surface area contributed by atoms with Crippen molar-refractivity contribution in [1.82, 2.24) is 40.4 Å². The predicted molar refractivity (Wildman–Crippen MR) is 287 cm³/mol. The maximum Gasteiger partial charge on any atom is 0.418 e. The molecule has 4 aliphatic rings. The molecule has 10 rings (SSSR count). The number of H-pyrrole nitrogens is 2. The lowest BCUT2D eigenvalue weighted by molar-refractivity contribution is -0.184. The van der Waals surface area contributed by atoms with E-state index in [0.717, 1.165) is 43.9 Å². The van der Waals surface area contributed by atoms with Crippen LogP contribution in [-0.4, -0.2) is 103 Å². The van der Waals surface area contributed by atoms with Crippen LogP contribution in [0.25, 0.3) is 22.1 Å². The van der Waals surface area contributed by atoms with Gasteiger partial charge in [0.15, 0.2) is 19.5 Å². The molecule has 2 aromatic heterocycles. The zero-order chi connectivity index (χ0) is 62.4. The molecular weight excluding hydrogens is 1170 g/mol. The number of anilines is 4. The number of carbonyl (C=O) groups excluding carboxylic acids is 4. The molecule has 4 aromatic carbocycles. The van der Waals surface area contributed by atoms with Crippen LogP contribution in [0.2, 0.25) is 0 Å². The van der Waals surface area contributed by atoms with Crippen molar-refractivity contribution in [3.05, 3.63) is 94.0 Å². The van der Waals surface area contributed by atoms with Crippen LogP contribution in [0.1, 0.15) is 122 Å². The average molecular weight is 1230 g/mol. The minimum absolute atomic E-state index is 0.0168. The van der Waals surface area contributed by atoms with Gasteiger partial charge in [-0.2, -0.15) is 52.7 Å². The summed E-state index contributed by atoms with van der Waals surface area (Å²) >= 11 is 0. The lowest BCUT2D eigenvalue weighted by Gasteiger charge is -2.39. The number of hydrogen-bond acceptors (Lipinski definition) is 12. The van der Waals surface area contributed by atoms with E-state index in [9.17, 15) is 71.9 Å². The third kappa shape index (κ3) is 14.5. The van der Waals surface area contributed by atoms with E-state index in [2.05, 4.69) is 42.8 Å². The highest BCUT2D eigenvalue weighted by atomic mass is 19.4. The fourth-order valence-corrected chi connectivity index (χ4v) is 10.6. The molecule has 0 radical (unpaired) electrons. The first-order valence-corrected chi connectivity index (χ1v) is 27.2. The first kappa shape index (κ1) is 62.4. The second kappa shape index (κ2) is 23.9. The van der Waals surface area contributed by atoms with Gasteiger partial charge in [0.25, 0.3) is 11.8 Å². The number of halogens is 12. The van der Waals surface area contributed by atoms with Crippen molar-refractivity contribution in [3.63, 3.8) is 0 Å². The van der Waals surface area contributed by atoms with Crippen LogP contribution in [-0.2, 0) is 35.0 Å². The Hall–Kier alpha value is -8.18. The quantitative estimate of drug-likeness (QED) is 0.0600. The lowest BCUT2D eigenvalue weighted by Crippen LogP contribution is -2.49. The second-order valence-corrected chi connectivity index (χ2v) is 22.6. The summed E-state index contributed by atoms with van der Waals surface area (Å²) < 4.78 is 177. The van der Waals surface area contributed by atoms with Crippen LogP contribution < -0.4 is 36.5 Å². The van der Waals surface area contributed by atoms with Crippen LogP contribution in [0.3, 0.4) is 0 Å². The summed E-state index contributed by atoms with van der Waals surface area (Å²) in [5, 5.41) is 9.70. The molecule has 0 spiro atoms. The Morgan fingerprint density at radius 2 is 1.07 bits per heavy atom. The number of hydrogen-bond donors (Lipinski definition) is 7. The zero-order valence-corrected chi connectivity index (χ0v) is 46.4. The van der Waals surface area contributed by atoms with Gasteiger partial charge in [-0.15, -0.1) is 0 Å². The summed E-state index contributed by atoms with van der Waals surface area (Å²) in [5.41, 5.74) is 3.62. The van der Waals surface area contributed by atoms with Crippen molar-refractivity contribution in [3.8, 4) is 11.5 Å². The Morgan fingerprint density at radius 1 is 0.640 bits per heavy atom. The molecule has 86 heavy (non-hydrogen) atoms. The molecule has 6 aromatic rings. The van der Waals surface area contributed by atoms with E-state index in [-0.39, 0.29) is 103 Å². The van der Waals surface area contributed by atoms with Crippen LogP contribution in [0, 0.1) is 11.8 Å². The first-order chi connectivity index (χ1) is 40.2. The van der Waals surface area contributed by atoms with Crippen molar-refractivity contribution in [2.45, 2.75) is 141 Å². The maximum absolute atomic E-state index is 13.8. The summed E-state index contributed by atoms with van der Waals surface area (Å²) in [6.07, 6.45) is -15.4. The molecule has 2 saturated carbocycles. The topological polar surface area (TPSA) is 234 Å². The van der Waals surface area contributed by atoms with Crippen LogP contribution in [0.15, 0.2) is 60.7 Å². The van der Waals surface area contributed by atoms with Crippen LogP contribution in [0.5, 0.6) is 11.5 Å². The van der Waals surface area contributed by atoms with Crippen LogP contribution >= 0.6 is 0 Å². The molecule has 0 bridgehead atoms. The van der Waals surface area contributed by atoms with E-state index in [0.29, 0.717) is 39.9 Å². The highest BCUT2D eigenvalue weighted by Gasteiger charge is 2.45. The summed E-state index contributed by atoms with van der Waals surface area (Å²) in [6, 6.07) is 9.03. The van der Waals surface area contributed by atoms with Crippen molar-refractivity contribution in [2.24, 2.45) is 17.6 Å². The molecule has 2 aliphatic heterocycles. The molecule has 8 N–H and O–H groups in total. The first-order valence-electron chi connectivity index (χ1n) is 27.2. The predicted octanol–water partition coefficient (Wildman–Crippen LogP) is 12.5. The van der Waals surface area contributed by atoms with E-state index in [1.807, 2.05) is 5.32 Å². The number of rotatable bonds is 11. The largest absolute Gasteiger partial charge is 0.472 e. The smallest absolute Gasteiger partial charge is 0.418 e. The Kier molecular flexibility index (Phi) is 17.4. The molecule has 2 aliphatic carbocycles. The normalized spacial score (nSPS) is 19.8. The van der Waals surface area contributed by atoms with Gasteiger partial charge in [-0.1, -0.05) is 19.1 Å². The van der Waals surface area contributed by atoms with Crippen molar-refractivity contribution < 1.29 is 86.1 Å². The zero-order valence-electron chi connectivity index (χ0n) is 46.4. The van der Waals surface area contributed by atoms with Crippen molar-refractivity contribution >= 4 is 69.2 Å². The number of nitrogens with one attached hydrogen (secondary N) is 6. The molecule has 0 saturated heterocycles. The Labute approximate surface area is 482 Å². The Morgan fingerprint density at radius 3 is 1.48 bits per heavy atom. The van der Waals surface area contributed by atoms with E-state index in [4.69, 9.17) is 19.9 Å². The minimum atomic E-state index is -5.01. The summed E-state index contributed by atoms with van der Waals surface area (Å²) in [6.45, 7) is 6.73. The van der Waals surface area contributed by atoms with Gasteiger partial charge in [-0.25, -0.2) is 14.8 Å². The number of amides is 4. The highest BCUT2D eigenvalue weighted by Crippen LogP contribution is 2.43. The number of aromatic amines is 2. The molecule has 4 amide bonds. The van der Waals surface area contributed by atoms with Gasteiger partial charge >= 0.3 is 30.8 Å². The third-order valence-electron chi connectivity index (χ3n) is 15.1. The number of benzene rings is 4. The van der Waals surface area contributed by atoms with Gasteiger partial charge in [0.05, 0.1) is 61.6 Å². The number of alkyl halides is 12. The second-order valence-electron chi connectivity index (χ2n) is 22.6. The number of nitrogens with zero attached hydrogens (tertiary/aromatic N) is 4. The standard InChI is InChI=1S/C29H34F3N5O4.C27H25F9N6O3/c1-16-5-8-18(9-6-16)37-15-40-24-13-23-22(12-19(24)25(37)38)35-26(36-23)34-21-11-17(7-10-20(21)29(30,31)32)14-33-27(39)41-28(2,3)4;28-25(29,30)13-2-4-14(5-3-13)42-11-45-20-9-19-18(8-15(20)23(42)44)40-24(41-19)39-17-7-12(1-6-16(17)26(31,32)33)10-38-22(43)21(37)27(34,35)36/h7,10-13,16,18H,5-6,8-9,14-15H2,1-4H3,(H,33,39)(H2,34,35,36);1,6-9,13-14,21H,2-5,10-11,37H2,(H,38,43)(H2,39,40,41). The summed E-state index contributed by atoms with van der Waals surface area (Å²) in [5.74, 6) is -2.54. The molecule has 30 heteroatoms. The number of ether oxygens (including phenoxy) is 3. The molecule has 2 fully saturated rings. The van der Waals surface area contributed by atoms with E-state index < -0.39 is 89.6 Å². The number of alkyl carbamates (subject to hydrolysis) is 1. The van der Waals surface area contributed by atoms with E-state index in [1.165, 1.54) is 29.2 Å². The molecule has 18 nitrogen and oxygen atoms in total. The van der Waals surface area contributed by atoms with Gasteiger partial charge in [0, 0.05) is 37.3 Å². The molecular formula is C56H59F12N11O7. The van der Waals surface area contributed by atoms with E-state index >= 15 is 0 Å². The maximum atomic E-state index is 13.8. The number of fused-ring (bicyclic) bond motifs is 4. The number of nitrogens with two attached hydrogens (primary N) is 1. The lowest BCUT2D eigenvalue weighted by atomic mass is 9.84. The molecule has 1 unspecified atom stereocenters. The fourth-order valence-electron chi connectivity index (χ4n) is 10.6. The van der Waals surface area contributed by atoms with Crippen molar-refractivity contribution in [1.29, 1.82) is 0 Å². The van der Waals surface area contributed by atoms with Gasteiger partial charge in [0.1, 0.15) is 17.1 Å². The van der Waals surface area contributed by atoms with Gasteiger partial charge in [-0.3, -0.25) is 14.4 Å².